The lowest BCUT2D eigenvalue weighted by molar-refractivity contribution is -0.134. The Morgan fingerprint density at radius 1 is 1.23 bits per heavy atom. The number of oxazole rings is 1. The van der Waals surface area contributed by atoms with Gasteiger partial charge in [0.1, 0.15) is 5.75 Å². The number of halogens is 1. The van der Waals surface area contributed by atoms with Gasteiger partial charge in [-0.05, 0) is 55.5 Å². The van der Waals surface area contributed by atoms with Gasteiger partial charge in [0.15, 0.2) is 11.7 Å². The van der Waals surface area contributed by atoms with Crippen molar-refractivity contribution in [2.75, 3.05) is 7.11 Å². The highest BCUT2D eigenvalue weighted by molar-refractivity contribution is 6.33. The monoisotopic (exact) mass is 438 g/mol. The van der Waals surface area contributed by atoms with Gasteiger partial charge in [-0.25, -0.2) is 4.98 Å². The van der Waals surface area contributed by atoms with E-state index in [1.54, 1.807) is 13.3 Å². The molecule has 1 amide bonds. The van der Waals surface area contributed by atoms with E-state index in [-0.39, 0.29) is 11.9 Å². The second-order valence-electron chi connectivity index (χ2n) is 8.05. The molecule has 31 heavy (non-hydrogen) atoms. The van der Waals surface area contributed by atoms with Crippen LogP contribution in [0.25, 0.3) is 11.3 Å². The molecular weight excluding hydrogens is 412 g/mol. The largest absolute Gasteiger partial charge is 0.497 e. The van der Waals surface area contributed by atoms with Crippen LogP contribution in [0.15, 0.2) is 59.1 Å². The molecule has 5 nitrogen and oxygen atoms in total. The van der Waals surface area contributed by atoms with Crippen molar-refractivity contribution in [1.82, 2.24) is 9.88 Å². The average Bonchev–Trinajstić information content (AvgIpc) is 3.54. The number of benzene rings is 2. The minimum atomic E-state index is 0.118. The van der Waals surface area contributed by atoms with E-state index in [1.165, 1.54) is 12.8 Å². The number of aromatic nitrogens is 1. The Morgan fingerprint density at radius 2 is 1.97 bits per heavy atom. The van der Waals surface area contributed by atoms with Gasteiger partial charge >= 0.3 is 0 Å². The van der Waals surface area contributed by atoms with Crippen LogP contribution in [0.5, 0.6) is 5.75 Å². The molecule has 1 atom stereocenters. The van der Waals surface area contributed by atoms with Crippen molar-refractivity contribution >= 4 is 17.5 Å². The van der Waals surface area contributed by atoms with Crippen LogP contribution in [0.4, 0.5) is 0 Å². The third-order valence-electron chi connectivity index (χ3n) is 5.87. The topological polar surface area (TPSA) is 55.6 Å². The molecule has 0 spiro atoms. The molecule has 3 aromatic rings. The predicted molar refractivity (Wildman–Crippen MR) is 121 cm³/mol. The Labute approximate surface area is 188 Å². The number of amides is 1. The van der Waals surface area contributed by atoms with E-state index >= 15 is 0 Å². The summed E-state index contributed by atoms with van der Waals surface area (Å²) in [7, 11) is 1.65. The van der Waals surface area contributed by atoms with E-state index in [0.29, 0.717) is 42.0 Å². The molecule has 1 fully saturated rings. The van der Waals surface area contributed by atoms with Gasteiger partial charge in [0.05, 0.1) is 18.3 Å². The first-order valence-electron chi connectivity index (χ1n) is 10.7. The van der Waals surface area contributed by atoms with Gasteiger partial charge in [-0.2, -0.15) is 0 Å². The molecule has 0 aliphatic heterocycles. The van der Waals surface area contributed by atoms with Crippen molar-refractivity contribution in [2.45, 2.75) is 45.2 Å². The Hall–Kier alpha value is -2.79. The van der Waals surface area contributed by atoms with Crippen molar-refractivity contribution in [3.63, 3.8) is 0 Å². The molecule has 6 heteroatoms. The number of methoxy groups -OCH3 is 1. The Balaban J connectivity index is 1.42. The smallest absolute Gasteiger partial charge is 0.223 e. The molecule has 1 aromatic heterocycles. The lowest BCUT2D eigenvalue weighted by Crippen LogP contribution is -2.39. The molecule has 4 rings (SSSR count). The molecule has 1 aliphatic carbocycles. The van der Waals surface area contributed by atoms with Crippen LogP contribution in [0.2, 0.25) is 5.02 Å². The predicted octanol–water partition coefficient (Wildman–Crippen LogP) is 5.76. The van der Waals surface area contributed by atoms with E-state index in [9.17, 15) is 4.79 Å². The maximum atomic E-state index is 13.2. The Kier molecular flexibility index (Phi) is 6.62. The SMILES string of the molecule is COc1ccc(CN(C(=O)CCc2ncc(-c3ccccc3Cl)o2)C(C)C2CC2)cc1. The van der Waals surface area contributed by atoms with Crippen LogP contribution in [-0.2, 0) is 17.8 Å². The summed E-state index contributed by atoms with van der Waals surface area (Å²) in [5.41, 5.74) is 1.90. The maximum Gasteiger partial charge on any atom is 0.223 e. The zero-order valence-corrected chi connectivity index (χ0v) is 18.6. The summed E-state index contributed by atoms with van der Waals surface area (Å²) in [6.45, 7) is 2.75. The van der Waals surface area contributed by atoms with Gasteiger partial charge in [0, 0.05) is 31.0 Å². The van der Waals surface area contributed by atoms with Crippen molar-refractivity contribution in [2.24, 2.45) is 5.92 Å². The fourth-order valence-electron chi connectivity index (χ4n) is 3.79. The summed E-state index contributed by atoms with van der Waals surface area (Å²) in [4.78, 5) is 19.5. The van der Waals surface area contributed by atoms with Gasteiger partial charge < -0.3 is 14.1 Å². The second-order valence-corrected chi connectivity index (χ2v) is 8.45. The lowest BCUT2D eigenvalue weighted by atomic mass is 10.1. The van der Waals surface area contributed by atoms with E-state index in [4.69, 9.17) is 20.8 Å². The van der Waals surface area contributed by atoms with Crippen LogP contribution in [0.1, 0.15) is 37.6 Å². The average molecular weight is 439 g/mol. The fourth-order valence-corrected chi connectivity index (χ4v) is 4.02. The van der Waals surface area contributed by atoms with Gasteiger partial charge in [-0.1, -0.05) is 35.9 Å². The van der Waals surface area contributed by atoms with Crippen molar-refractivity contribution in [3.05, 3.63) is 71.2 Å². The van der Waals surface area contributed by atoms with Crippen LogP contribution >= 0.6 is 11.6 Å². The number of hydrogen-bond acceptors (Lipinski definition) is 4. The van der Waals surface area contributed by atoms with Gasteiger partial charge in [-0.15, -0.1) is 0 Å². The fraction of sp³-hybridized carbons (Fsp3) is 0.360. The van der Waals surface area contributed by atoms with Crippen molar-refractivity contribution in [1.29, 1.82) is 0 Å². The molecule has 0 radical (unpaired) electrons. The summed E-state index contributed by atoms with van der Waals surface area (Å²) >= 11 is 6.25. The van der Waals surface area contributed by atoms with E-state index in [2.05, 4.69) is 11.9 Å². The molecule has 0 saturated heterocycles. The van der Waals surface area contributed by atoms with Crippen molar-refractivity contribution in [3.8, 4) is 17.1 Å². The van der Waals surface area contributed by atoms with Gasteiger partial charge in [-0.3, -0.25) is 4.79 Å². The summed E-state index contributed by atoms with van der Waals surface area (Å²) in [6, 6.07) is 15.6. The minimum Gasteiger partial charge on any atom is -0.497 e. The molecule has 1 heterocycles. The number of ether oxygens (including phenoxy) is 1. The van der Waals surface area contributed by atoms with Crippen LogP contribution in [-0.4, -0.2) is 28.9 Å². The molecule has 2 aromatic carbocycles. The molecular formula is C25H27ClN2O3. The summed E-state index contributed by atoms with van der Waals surface area (Å²) < 4.78 is 11.1. The summed E-state index contributed by atoms with van der Waals surface area (Å²) in [5, 5.41) is 0.616. The van der Waals surface area contributed by atoms with Gasteiger partial charge in [0.25, 0.3) is 0 Å². The van der Waals surface area contributed by atoms with Crippen LogP contribution < -0.4 is 4.74 Å². The number of hydrogen-bond donors (Lipinski definition) is 0. The summed E-state index contributed by atoms with van der Waals surface area (Å²) in [6.07, 6.45) is 4.86. The highest BCUT2D eigenvalue weighted by atomic mass is 35.5. The van der Waals surface area contributed by atoms with Crippen LogP contribution in [0.3, 0.4) is 0 Å². The summed E-state index contributed by atoms with van der Waals surface area (Å²) in [5.74, 6) is 2.69. The normalized spacial score (nSPS) is 14.3. The molecule has 0 N–H and O–H groups in total. The Bertz CT molecular complexity index is 1030. The molecule has 1 saturated carbocycles. The molecule has 162 valence electrons. The van der Waals surface area contributed by atoms with E-state index < -0.39 is 0 Å². The third kappa shape index (κ3) is 5.28. The Morgan fingerprint density at radius 3 is 2.65 bits per heavy atom. The zero-order valence-electron chi connectivity index (χ0n) is 17.9. The van der Waals surface area contributed by atoms with Gasteiger partial charge in [0.2, 0.25) is 5.91 Å². The zero-order chi connectivity index (χ0) is 21.8. The number of aryl methyl sites for hydroxylation is 1. The second kappa shape index (κ2) is 9.56. The van der Waals surface area contributed by atoms with E-state index in [1.807, 2.05) is 53.4 Å². The standard InChI is InChI=1S/C25H27ClN2O3/c1-17(19-9-10-19)28(16-18-7-11-20(30-2)12-8-18)25(29)14-13-24-27-15-23(31-24)21-5-3-4-6-22(21)26/h3-8,11-12,15,17,19H,9-10,13-14,16H2,1-2H3. The first kappa shape index (κ1) is 21.4. The quantitative estimate of drug-likeness (QED) is 0.426. The number of nitrogens with zero attached hydrogens (tertiary/aromatic N) is 2. The highest BCUT2D eigenvalue weighted by Crippen LogP contribution is 2.36. The highest BCUT2D eigenvalue weighted by Gasteiger charge is 2.34. The minimum absolute atomic E-state index is 0.118. The van der Waals surface area contributed by atoms with Crippen molar-refractivity contribution < 1.29 is 13.9 Å². The van der Waals surface area contributed by atoms with Crippen LogP contribution in [0, 0.1) is 5.92 Å². The third-order valence-corrected chi connectivity index (χ3v) is 6.20. The molecule has 0 bridgehead atoms. The van der Waals surface area contributed by atoms with E-state index in [0.717, 1.165) is 16.9 Å². The molecule has 1 unspecified atom stereocenters. The number of rotatable bonds is 9. The maximum absolute atomic E-state index is 13.2. The number of carbonyl (C=O) groups is 1. The lowest BCUT2D eigenvalue weighted by Gasteiger charge is -2.29. The first-order valence-corrected chi connectivity index (χ1v) is 11.0. The number of carbonyl (C=O) groups excluding carboxylic acids is 1. The molecule has 1 aliphatic rings. The first-order chi connectivity index (χ1) is 15.0.